The molecule has 1 unspecified atom stereocenters. The maximum absolute atomic E-state index is 12.2. The maximum atomic E-state index is 12.2. The predicted octanol–water partition coefficient (Wildman–Crippen LogP) is 2.13. The minimum absolute atomic E-state index is 0.0978. The third kappa shape index (κ3) is 1.93. The Morgan fingerprint density at radius 1 is 1.27 bits per heavy atom. The van der Waals surface area contributed by atoms with Crippen molar-refractivity contribution in [1.82, 2.24) is 0 Å². The molecule has 0 fully saturated rings. The molecule has 7 heteroatoms. The second-order valence-corrected chi connectivity index (χ2v) is 4.63. The molecule has 0 heterocycles. The molecule has 0 radical (unpaired) electrons. The normalized spacial score (nSPS) is 19.5. The first kappa shape index (κ1) is 10.9. The van der Waals surface area contributed by atoms with Gasteiger partial charge in [0, 0.05) is 13.6 Å². The monoisotopic (exact) mass is 194 g/mol. The summed E-state index contributed by atoms with van der Waals surface area (Å²) in [6.45, 7) is 0.101. The highest BCUT2D eigenvalue weighted by Gasteiger charge is 2.62. The van der Waals surface area contributed by atoms with Gasteiger partial charge in [0.25, 0.3) is 7.37 Å². The summed E-state index contributed by atoms with van der Waals surface area (Å²) >= 11 is 0. The van der Waals surface area contributed by atoms with Crippen molar-refractivity contribution in [3.63, 3.8) is 0 Å². The summed E-state index contributed by atoms with van der Waals surface area (Å²) in [5, 5.41) is 0. The summed E-state index contributed by atoms with van der Waals surface area (Å²) < 4.78 is 58.4. The largest absolute Gasteiger partial charge is 0.382 e. The van der Waals surface area contributed by atoms with Gasteiger partial charge in [0.05, 0.1) is 0 Å². The lowest BCUT2D eigenvalue weighted by atomic mass is 10.4. The van der Waals surface area contributed by atoms with Gasteiger partial charge >= 0.3 is 11.6 Å². The van der Waals surface area contributed by atoms with Crippen molar-refractivity contribution in [3.05, 3.63) is 0 Å². The zero-order valence-electron chi connectivity index (χ0n) is 5.81. The highest BCUT2D eigenvalue weighted by Crippen LogP contribution is 2.60. The number of hydrogen-bond acceptors (Lipinski definition) is 1. The van der Waals surface area contributed by atoms with Crippen LogP contribution in [-0.2, 0) is 4.57 Å². The molecule has 0 rings (SSSR count). The van der Waals surface area contributed by atoms with Crippen LogP contribution in [0.25, 0.3) is 0 Å². The molecule has 0 saturated heterocycles. The fourth-order valence-corrected chi connectivity index (χ4v) is 1.09. The standard InChI is InChI=1S/C4H7F4O2P/c1-3(5,6)4(7,8)11(2,9)10/h1-2H3,(H,9,10). The van der Waals surface area contributed by atoms with Crippen LogP contribution in [0.15, 0.2) is 0 Å². The molecular formula is C4H7F4O2P. The van der Waals surface area contributed by atoms with Crippen LogP contribution in [0.5, 0.6) is 0 Å². The van der Waals surface area contributed by atoms with Gasteiger partial charge in [-0.15, -0.1) is 0 Å². The predicted molar refractivity (Wildman–Crippen MR) is 31.3 cm³/mol. The molecule has 0 bridgehead atoms. The Morgan fingerprint density at radius 2 is 1.55 bits per heavy atom. The highest BCUT2D eigenvalue weighted by molar-refractivity contribution is 7.58. The van der Waals surface area contributed by atoms with Crippen LogP contribution < -0.4 is 0 Å². The number of halogens is 4. The Hall–Kier alpha value is -0.0900. The van der Waals surface area contributed by atoms with E-state index in [4.69, 9.17) is 4.89 Å². The van der Waals surface area contributed by atoms with Gasteiger partial charge in [-0.2, -0.15) is 17.6 Å². The van der Waals surface area contributed by atoms with Crippen LogP contribution in [-0.4, -0.2) is 23.1 Å². The first-order chi connectivity index (χ1) is 4.50. The average Bonchev–Trinajstić information content (AvgIpc) is 1.58. The molecule has 11 heavy (non-hydrogen) atoms. The molecule has 0 aliphatic carbocycles. The summed E-state index contributed by atoms with van der Waals surface area (Å²) in [4.78, 5) is 8.21. The fourth-order valence-electron chi connectivity index (χ4n) is 0.364. The topological polar surface area (TPSA) is 37.3 Å². The first-order valence-corrected chi connectivity index (χ1v) is 4.67. The van der Waals surface area contributed by atoms with Crippen LogP contribution in [0, 0.1) is 0 Å². The molecule has 0 aromatic heterocycles. The second kappa shape index (κ2) is 2.45. The Labute approximate surface area is 60.7 Å². The minimum Gasteiger partial charge on any atom is -0.340 e. The quantitative estimate of drug-likeness (QED) is 0.540. The molecule has 0 spiro atoms. The van der Waals surface area contributed by atoms with Crippen LogP contribution >= 0.6 is 7.37 Å². The summed E-state index contributed by atoms with van der Waals surface area (Å²) in [5.41, 5.74) is -4.85. The van der Waals surface area contributed by atoms with Gasteiger partial charge in [0.15, 0.2) is 0 Å². The van der Waals surface area contributed by atoms with E-state index in [1.54, 1.807) is 0 Å². The van der Waals surface area contributed by atoms with Crippen LogP contribution in [0.4, 0.5) is 17.6 Å². The van der Waals surface area contributed by atoms with Crippen molar-refractivity contribution in [2.24, 2.45) is 0 Å². The lowest BCUT2D eigenvalue weighted by Gasteiger charge is -2.24. The van der Waals surface area contributed by atoms with E-state index < -0.39 is 19.0 Å². The van der Waals surface area contributed by atoms with Gasteiger partial charge in [0.1, 0.15) is 0 Å². The van der Waals surface area contributed by atoms with Crippen molar-refractivity contribution >= 4 is 7.37 Å². The van der Waals surface area contributed by atoms with E-state index in [-0.39, 0.29) is 13.6 Å². The molecule has 0 saturated carbocycles. The number of hydrogen-bond donors (Lipinski definition) is 1. The lowest BCUT2D eigenvalue weighted by molar-refractivity contribution is -0.149. The molecule has 68 valence electrons. The van der Waals surface area contributed by atoms with Crippen molar-refractivity contribution in [3.8, 4) is 0 Å². The minimum atomic E-state index is -5.07. The lowest BCUT2D eigenvalue weighted by Crippen LogP contribution is -2.36. The third-order valence-electron chi connectivity index (χ3n) is 1.05. The van der Waals surface area contributed by atoms with Crippen LogP contribution in [0.2, 0.25) is 0 Å². The third-order valence-corrected chi connectivity index (χ3v) is 2.48. The second-order valence-electron chi connectivity index (χ2n) is 2.31. The summed E-state index contributed by atoms with van der Waals surface area (Å²) in [6, 6.07) is 0. The van der Waals surface area contributed by atoms with E-state index >= 15 is 0 Å². The zero-order valence-corrected chi connectivity index (χ0v) is 6.71. The Kier molecular flexibility index (Phi) is 2.43. The van der Waals surface area contributed by atoms with E-state index in [9.17, 15) is 22.1 Å². The molecule has 0 aromatic carbocycles. The molecule has 0 aliphatic heterocycles. The Balaban J connectivity index is 4.91. The van der Waals surface area contributed by atoms with Crippen molar-refractivity contribution < 1.29 is 27.0 Å². The van der Waals surface area contributed by atoms with Gasteiger partial charge in [-0.25, -0.2) is 0 Å². The molecule has 0 aliphatic rings. The molecule has 0 amide bonds. The van der Waals surface area contributed by atoms with Crippen LogP contribution in [0.3, 0.4) is 0 Å². The van der Waals surface area contributed by atoms with Gasteiger partial charge in [0.2, 0.25) is 0 Å². The van der Waals surface area contributed by atoms with Crippen molar-refractivity contribution in [2.45, 2.75) is 18.5 Å². The molecule has 0 aromatic rings. The van der Waals surface area contributed by atoms with Gasteiger partial charge in [-0.05, 0) is 0 Å². The van der Waals surface area contributed by atoms with Crippen molar-refractivity contribution in [1.29, 1.82) is 0 Å². The highest BCUT2D eigenvalue weighted by atomic mass is 31.2. The smallest absolute Gasteiger partial charge is 0.340 e. The van der Waals surface area contributed by atoms with E-state index in [0.717, 1.165) is 0 Å². The van der Waals surface area contributed by atoms with Gasteiger partial charge < -0.3 is 4.89 Å². The van der Waals surface area contributed by atoms with E-state index in [1.807, 2.05) is 0 Å². The SMILES string of the molecule is CC(F)(F)C(F)(F)P(C)(=O)O. The summed E-state index contributed by atoms with van der Waals surface area (Å²) in [7, 11) is -5.07. The average molecular weight is 194 g/mol. The molecule has 2 nitrogen and oxygen atoms in total. The van der Waals surface area contributed by atoms with E-state index in [0.29, 0.717) is 0 Å². The Bertz CT molecular complexity index is 191. The maximum Gasteiger partial charge on any atom is 0.382 e. The van der Waals surface area contributed by atoms with Gasteiger partial charge in [-0.3, -0.25) is 4.57 Å². The summed E-state index contributed by atoms with van der Waals surface area (Å²) in [6.07, 6.45) is 0. The van der Waals surface area contributed by atoms with Gasteiger partial charge in [-0.1, -0.05) is 0 Å². The first-order valence-electron chi connectivity index (χ1n) is 2.56. The fraction of sp³-hybridized carbons (Fsp3) is 1.00. The summed E-state index contributed by atoms with van der Waals surface area (Å²) in [5.74, 6) is -4.47. The van der Waals surface area contributed by atoms with Crippen LogP contribution in [0.1, 0.15) is 6.92 Å². The number of alkyl halides is 4. The Morgan fingerprint density at radius 3 is 1.55 bits per heavy atom. The van der Waals surface area contributed by atoms with Crippen molar-refractivity contribution in [2.75, 3.05) is 6.66 Å². The van der Waals surface area contributed by atoms with E-state index in [1.165, 1.54) is 0 Å². The van der Waals surface area contributed by atoms with E-state index in [2.05, 4.69) is 0 Å². The molecular weight excluding hydrogens is 187 g/mol. The number of rotatable bonds is 2. The zero-order chi connectivity index (χ0) is 9.50. The molecule has 1 atom stereocenters. The molecule has 1 N–H and O–H groups in total.